The maximum absolute atomic E-state index is 13.5. The number of halogens is 14. The van der Waals surface area contributed by atoms with E-state index >= 15 is 0 Å². The molecular formula is C12H8F14O2. The molecule has 0 aromatic rings. The smallest absolute Gasteiger partial charge is 0.455 e. The minimum absolute atomic E-state index is 1.89. The van der Waals surface area contributed by atoms with Gasteiger partial charge in [-0.15, -0.1) is 0 Å². The third-order valence-corrected chi connectivity index (χ3v) is 3.00. The summed E-state index contributed by atoms with van der Waals surface area (Å²) in [4.78, 5) is 11.0. The van der Waals surface area contributed by atoms with Gasteiger partial charge in [-0.1, -0.05) is 6.58 Å². The molecule has 0 radical (unpaired) electrons. The highest BCUT2D eigenvalue weighted by molar-refractivity contribution is 5.90. The van der Waals surface area contributed by atoms with E-state index < -0.39 is 67.0 Å². The normalized spacial score (nSPS) is 14.8. The standard InChI is InChI=1S/C12H8F14O2/c1-5(6(27)28-4-8(15,16)12(24,25)26)10(20,21)11(22,23)7(13,14)2-3-9(17,18)19/h1-4H2. The third kappa shape index (κ3) is 5.62. The van der Waals surface area contributed by atoms with Crippen molar-refractivity contribution in [3.05, 3.63) is 12.2 Å². The minimum atomic E-state index is -6.70. The second-order valence-corrected chi connectivity index (χ2v) is 5.23. The fraction of sp³-hybridized carbons (Fsp3) is 0.750. The topological polar surface area (TPSA) is 26.3 Å². The molecule has 0 aliphatic heterocycles. The van der Waals surface area contributed by atoms with Crippen LogP contribution >= 0.6 is 0 Å². The molecule has 166 valence electrons. The molecule has 0 aromatic heterocycles. The maximum atomic E-state index is 13.5. The van der Waals surface area contributed by atoms with Gasteiger partial charge in [0.1, 0.15) is 5.57 Å². The number of carbonyl (C=O) groups is 1. The Morgan fingerprint density at radius 2 is 1.14 bits per heavy atom. The molecule has 0 N–H and O–H groups in total. The van der Waals surface area contributed by atoms with Gasteiger partial charge in [0, 0.05) is 12.8 Å². The van der Waals surface area contributed by atoms with Crippen LogP contribution < -0.4 is 0 Å². The Morgan fingerprint density at radius 3 is 1.50 bits per heavy atom. The van der Waals surface area contributed by atoms with Crippen LogP contribution in [-0.2, 0) is 9.53 Å². The third-order valence-electron chi connectivity index (χ3n) is 3.00. The van der Waals surface area contributed by atoms with Gasteiger partial charge >= 0.3 is 42.0 Å². The van der Waals surface area contributed by atoms with Crippen LogP contribution in [0.3, 0.4) is 0 Å². The molecule has 0 aromatic carbocycles. The summed E-state index contributed by atoms with van der Waals surface area (Å²) in [7, 11) is 0. The zero-order valence-corrected chi connectivity index (χ0v) is 12.9. The first-order valence-corrected chi connectivity index (χ1v) is 6.51. The fourth-order valence-electron chi connectivity index (χ4n) is 1.33. The van der Waals surface area contributed by atoms with Crippen molar-refractivity contribution in [2.45, 2.75) is 48.9 Å². The summed E-state index contributed by atoms with van der Waals surface area (Å²) in [6, 6.07) is 0. The minimum Gasteiger partial charge on any atom is -0.455 e. The zero-order valence-electron chi connectivity index (χ0n) is 12.9. The summed E-state index contributed by atoms with van der Waals surface area (Å²) in [6.45, 7) is -1.08. The van der Waals surface area contributed by atoms with E-state index in [4.69, 9.17) is 0 Å². The number of hydrogen-bond acceptors (Lipinski definition) is 2. The highest BCUT2D eigenvalue weighted by Gasteiger charge is 2.73. The van der Waals surface area contributed by atoms with Gasteiger partial charge in [0.15, 0.2) is 6.61 Å². The van der Waals surface area contributed by atoms with E-state index in [2.05, 4.69) is 4.74 Å². The zero-order chi connectivity index (χ0) is 23.0. The molecule has 2 nitrogen and oxygen atoms in total. The van der Waals surface area contributed by atoms with E-state index in [1.165, 1.54) is 0 Å². The Labute approximate surface area is 146 Å². The lowest BCUT2D eigenvalue weighted by Gasteiger charge is -2.33. The van der Waals surface area contributed by atoms with Gasteiger partial charge in [-0.3, -0.25) is 0 Å². The first-order valence-electron chi connectivity index (χ1n) is 6.51. The first-order chi connectivity index (χ1) is 12.0. The lowest BCUT2D eigenvalue weighted by atomic mass is 9.95. The Morgan fingerprint density at radius 1 is 0.714 bits per heavy atom. The molecule has 28 heavy (non-hydrogen) atoms. The molecule has 0 unspecified atom stereocenters. The summed E-state index contributed by atoms with van der Waals surface area (Å²) in [5.74, 6) is -28.0. The number of esters is 1. The van der Waals surface area contributed by atoms with E-state index in [9.17, 15) is 66.3 Å². The Balaban J connectivity index is 5.44. The second kappa shape index (κ2) is 7.57. The van der Waals surface area contributed by atoms with Crippen LogP contribution in [0.15, 0.2) is 12.2 Å². The molecule has 0 saturated carbocycles. The molecular weight excluding hydrogens is 442 g/mol. The van der Waals surface area contributed by atoms with Crippen LogP contribution in [0.5, 0.6) is 0 Å². The van der Waals surface area contributed by atoms with E-state index in [0.717, 1.165) is 0 Å². The van der Waals surface area contributed by atoms with E-state index in [1.807, 2.05) is 6.58 Å². The Hall–Kier alpha value is -1.77. The van der Waals surface area contributed by atoms with Crippen molar-refractivity contribution in [1.29, 1.82) is 0 Å². The van der Waals surface area contributed by atoms with Gasteiger partial charge in [0.25, 0.3) is 0 Å². The molecule has 0 aliphatic carbocycles. The largest absolute Gasteiger partial charge is 0.456 e. The average Bonchev–Trinajstić information content (AvgIpc) is 2.47. The number of rotatable bonds is 8. The van der Waals surface area contributed by atoms with Crippen molar-refractivity contribution >= 4 is 5.97 Å². The van der Waals surface area contributed by atoms with Crippen molar-refractivity contribution < 1.29 is 71.0 Å². The first kappa shape index (κ1) is 26.2. The second-order valence-electron chi connectivity index (χ2n) is 5.23. The predicted molar refractivity (Wildman–Crippen MR) is 61.2 cm³/mol. The van der Waals surface area contributed by atoms with Crippen LogP contribution in [-0.4, -0.2) is 48.6 Å². The Bertz CT molecular complexity index is 586. The van der Waals surface area contributed by atoms with E-state index in [1.54, 1.807) is 0 Å². The lowest BCUT2D eigenvalue weighted by Crippen LogP contribution is -2.56. The van der Waals surface area contributed by atoms with E-state index in [0.29, 0.717) is 0 Å². The molecule has 16 heteroatoms. The highest BCUT2D eigenvalue weighted by Crippen LogP contribution is 2.51. The molecule has 0 heterocycles. The van der Waals surface area contributed by atoms with Crippen molar-refractivity contribution in [2.24, 2.45) is 0 Å². The monoisotopic (exact) mass is 450 g/mol. The van der Waals surface area contributed by atoms with Gasteiger partial charge < -0.3 is 4.74 Å². The number of alkyl halides is 14. The molecule has 0 atom stereocenters. The average molecular weight is 450 g/mol. The maximum Gasteiger partial charge on any atom is 0.456 e. The van der Waals surface area contributed by atoms with Crippen LogP contribution in [0.1, 0.15) is 12.8 Å². The number of carbonyl (C=O) groups excluding carboxylic acids is 1. The lowest BCUT2D eigenvalue weighted by molar-refractivity contribution is -0.304. The van der Waals surface area contributed by atoms with Crippen LogP contribution in [0.4, 0.5) is 61.5 Å². The summed E-state index contributed by atoms with van der Waals surface area (Å²) < 4.78 is 179. The molecule has 0 spiro atoms. The Kier molecular flexibility index (Phi) is 7.09. The van der Waals surface area contributed by atoms with Gasteiger partial charge in [-0.25, -0.2) is 4.79 Å². The molecule has 0 fully saturated rings. The van der Waals surface area contributed by atoms with Crippen LogP contribution in [0.25, 0.3) is 0 Å². The van der Waals surface area contributed by atoms with Gasteiger partial charge in [0.05, 0.1) is 0 Å². The summed E-state index contributed by atoms with van der Waals surface area (Å²) >= 11 is 0. The summed E-state index contributed by atoms with van der Waals surface area (Å²) in [5, 5.41) is 0. The van der Waals surface area contributed by atoms with Crippen molar-refractivity contribution in [3.63, 3.8) is 0 Å². The predicted octanol–water partition coefficient (Wildman–Crippen LogP) is 5.53. The fourth-order valence-corrected chi connectivity index (χ4v) is 1.33. The van der Waals surface area contributed by atoms with Crippen molar-refractivity contribution in [2.75, 3.05) is 6.61 Å². The van der Waals surface area contributed by atoms with Crippen LogP contribution in [0, 0.1) is 0 Å². The molecule has 0 saturated heterocycles. The highest BCUT2D eigenvalue weighted by atomic mass is 19.4. The molecule has 0 bridgehead atoms. The molecule has 0 amide bonds. The SMILES string of the molecule is C=C(C(=O)OCC(F)(F)C(F)(F)F)C(F)(F)C(F)(F)C(F)(F)CCC(F)(F)F. The molecule has 0 rings (SSSR count). The number of hydrogen-bond donors (Lipinski definition) is 0. The van der Waals surface area contributed by atoms with Gasteiger partial charge in [0.2, 0.25) is 0 Å². The van der Waals surface area contributed by atoms with Gasteiger partial charge in [-0.2, -0.15) is 61.5 Å². The summed E-state index contributed by atoms with van der Waals surface area (Å²) in [6.07, 6.45) is -17.3. The quantitative estimate of drug-likeness (QED) is 0.276. The number of ether oxygens (including phenoxy) is 1. The van der Waals surface area contributed by atoms with E-state index in [-0.39, 0.29) is 0 Å². The summed E-state index contributed by atoms with van der Waals surface area (Å²) in [5.41, 5.74) is -2.97. The van der Waals surface area contributed by atoms with Crippen molar-refractivity contribution in [1.82, 2.24) is 0 Å². The van der Waals surface area contributed by atoms with Crippen molar-refractivity contribution in [3.8, 4) is 0 Å². The van der Waals surface area contributed by atoms with Crippen LogP contribution in [0.2, 0.25) is 0 Å². The molecule has 0 aliphatic rings. The van der Waals surface area contributed by atoms with Gasteiger partial charge in [-0.05, 0) is 0 Å².